The van der Waals surface area contributed by atoms with E-state index in [1.807, 2.05) is 44.9 Å². The van der Waals surface area contributed by atoms with Crippen molar-refractivity contribution >= 4 is 17.3 Å². The number of amides is 1. The lowest BCUT2D eigenvalue weighted by molar-refractivity contribution is -0.120. The van der Waals surface area contributed by atoms with Crippen molar-refractivity contribution in [3.05, 3.63) is 23.8 Å². The molecule has 0 heterocycles. The Labute approximate surface area is 103 Å². The van der Waals surface area contributed by atoms with Gasteiger partial charge in [-0.05, 0) is 45.1 Å². The Morgan fingerprint density at radius 1 is 1.53 bits per heavy atom. The molecule has 0 bridgehead atoms. The van der Waals surface area contributed by atoms with Gasteiger partial charge >= 0.3 is 0 Å². The second-order valence-corrected chi connectivity index (χ2v) is 4.31. The molecule has 17 heavy (non-hydrogen) atoms. The number of nitrogens with one attached hydrogen (secondary N) is 1. The number of carbonyl (C=O) groups excluding carboxylic acids is 1. The van der Waals surface area contributed by atoms with Gasteiger partial charge in [0.15, 0.2) is 0 Å². The Kier molecular flexibility index (Phi) is 4.52. The van der Waals surface area contributed by atoms with Crippen LogP contribution < -0.4 is 11.1 Å². The number of nitrogens with two attached hydrogens (primary N) is 1. The van der Waals surface area contributed by atoms with E-state index in [1.54, 1.807) is 6.07 Å². The van der Waals surface area contributed by atoms with Gasteiger partial charge in [0.05, 0.1) is 6.04 Å². The normalized spacial score (nSPS) is 12.5. The minimum absolute atomic E-state index is 0.0111. The number of hydrogen-bond donors (Lipinski definition) is 2. The summed E-state index contributed by atoms with van der Waals surface area (Å²) < 4.78 is 0. The summed E-state index contributed by atoms with van der Waals surface area (Å²) in [7, 11) is 1.93. The first-order valence-electron chi connectivity index (χ1n) is 5.83. The Hall–Kier alpha value is -1.55. The third-order valence-corrected chi connectivity index (χ3v) is 3.06. The van der Waals surface area contributed by atoms with Gasteiger partial charge in [0.1, 0.15) is 0 Å². The van der Waals surface area contributed by atoms with Crippen molar-refractivity contribution in [1.29, 1.82) is 0 Å². The zero-order valence-electron chi connectivity index (χ0n) is 10.9. The number of nitrogen functional groups attached to an aromatic ring is 1. The lowest BCUT2D eigenvalue weighted by Crippen LogP contribution is -2.39. The average Bonchev–Trinajstić information content (AvgIpc) is 2.31. The summed E-state index contributed by atoms with van der Waals surface area (Å²) in [6.07, 6.45) is 0. The van der Waals surface area contributed by atoms with Crippen LogP contribution in [0.5, 0.6) is 0 Å². The molecule has 4 heteroatoms. The number of rotatable bonds is 4. The molecule has 0 spiro atoms. The predicted octanol–water partition coefficient (Wildman–Crippen LogP) is 1.86. The van der Waals surface area contributed by atoms with Gasteiger partial charge in [0.2, 0.25) is 5.91 Å². The van der Waals surface area contributed by atoms with Crippen LogP contribution in [-0.2, 0) is 4.79 Å². The number of benzene rings is 1. The van der Waals surface area contributed by atoms with Crippen molar-refractivity contribution < 1.29 is 4.79 Å². The summed E-state index contributed by atoms with van der Waals surface area (Å²) in [4.78, 5) is 14.0. The first kappa shape index (κ1) is 13.5. The molecule has 0 fully saturated rings. The molecule has 3 N–H and O–H groups in total. The topological polar surface area (TPSA) is 58.4 Å². The third kappa shape index (κ3) is 3.46. The summed E-state index contributed by atoms with van der Waals surface area (Å²) in [6.45, 7) is 6.70. The first-order chi connectivity index (χ1) is 7.95. The van der Waals surface area contributed by atoms with Crippen molar-refractivity contribution in [3.63, 3.8) is 0 Å². The van der Waals surface area contributed by atoms with Crippen LogP contribution in [0.1, 0.15) is 19.4 Å². The molecule has 1 atom stereocenters. The van der Waals surface area contributed by atoms with Crippen LogP contribution in [0, 0.1) is 6.92 Å². The van der Waals surface area contributed by atoms with Crippen LogP contribution in [0.2, 0.25) is 0 Å². The lowest BCUT2D eigenvalue weighted by atomic mass is 10.1. The van der Waals surface area contributed by atoms with Crippen LogP contribution in [0.4, 0.5) is 11.4 Å². The molecule has 0 aliphatic heterocycles. The molecule has 1 aromatic rings. The number of nitrogens with zero attached hydrogens (tertiary/aromatic N) is 1. The fraction of sp³-hybridized carbons (Fsp3) is 0.462. The second-order valence-electron chi connectivity index (χ2n) is 4.31. The molecule has 0 aromatic heterocycles. The largest absolute Gasteiger partial charge is 0.399 e. The van der Waals surface area contributed by atoms with Crippen LogP contribution in [-0.4, -0.2) is 30.4 Å². The van der Waals surface area contributed by atoms with Gasteiger partial charge in [0.25, 0.3) is 0 Å². The highest BCUT2D eigenvalue weighted by Gasteiger charge is 2.17. The van der Waals surface area contributed by atoms with E-state index in [-0.39, 0.29) is 11.9 Å². The fourth-order valence-corrected chi connectivity index (χ4v) is 1.49. The summed E-state index contributed by atoms with van der Waals surface area (Å²) in [5, 5.41) is 2.91. The van der Waals surface area contributed by atoms with E-state index < -0.39 is 0 Å². The quantitative estimate of drug-likeness (QED) is 0.783. The average molecular weight is 235 g/mol. The predicted molar refractivity (Wildman–Crippen MR) is 72.0 cm³/mol. The molecule has 1 unspecified atom stereocenters. The maximum absolute atomic E-state index is 12.0. The van der Waals surface area contributed by atoms with Gasteiger partial charge in [-0.25, -0.2) is 0 Å². The van der Waals surface area contributed by atoms with Crippen LogP contribution in [0.3, 0.4) is 0 Å². The Morgan fingerprint density at radius 3 is 2.76 bits per heavy atom. The molecular formula is C13H21N3O. The maximum atomic E-state index is 12.0. The van der Waals surface area contributed by atoms with Crippen LogP contribution in [0.15, 0.2) is 18.2 Å². The molecule has 1 rings (SSSR count). The second kappa shape index (κ2) is 5.68. The standard InChI is InChI=1S/C13H21N3O/c1-5-16(4)10(3)13(17)15-12-8-11(14)7-6-9(12)2/h6-8,10H,5,14H2,1-4H3,(H,15,17). The molecule has 1 aromatic carbocycles. The molecule has 1 amide bonds. The Bertz CT molecular complexity index is 404. The van der Waals surface area contributed by atoms with Gasteiger partial charge in [-0.3, -0.25) is 9.69 Å². The molecule has 0 saturated heterocycles. The Morgan fingerprint density at radius 2 is 2.18 bits per heavy atom. The smallest absolute Gasteiger partial charge is 0.241 e. The number of anilines is 2. The monoisotopic (exact) mass is 235 g/mol. The van der Waals surface area contributed by atoms with Crippen molar-refractivity contribution in [2.45, 2.75) is 26.8 Å². The van der Waals surface area contributed by atoms with Crippen molar-refractivity contribution in [2.24, 2.45) is 0 Å². The highest BCUT2D eigenvalue weighted by atomic mass is 16.2. The van der Waals surface area contributed by atoms with Crippen molar-refractivity contribution in [2.75, 3.05) is 24.6 Å². The van der Waals surface area contributed by atoms with Crippen LogP contribution >= 0.6 is 0 Å². The Balaban J connectivity index is 2.77. The van der Waals surface area contributed by atoms with E-state index in [2.05, 4.69) is 5.32 Å². The van der Waals surface area contributed by atoms with Gasteiger partial charge in [-0.15, -0.1) is 0 Å². The third-order valence-electron chi connectivity index (χ3n) is 3.06. The van der Waals surface area contributed by atoms with Gasteiger partial charge in [-0.2, -0.15) is 0 Å². The highest BCUT2D eigenvalue weighted by molar-refractivity contribution is 5.95. The zero-order chi connectivity index (χ0) is 13.0. The van der Waals surface area contributed by atoms with E-state index in [1.165, 1.54) is 0 Å². The number of likely N-dealkylation sites (N-methyl/N-ethyl adjacent to an activating group) is 1. The lowest BCUT2D eigenvalue weighted by Gasteiger charge is -2.22. The summed E-state index contributed by atoms with van der Waals surface area (Å²) >= 11 is 0. The summed E-state index contributed by atoms with van der Waals surface area (Å²) in [6, 6.07) is 5.36. The van der Waals surface area contributed by atoms with Crippen LogP contribution in [0.25, 0.3) is 0 Å². The van der Waals surface area contributed by atoms with Gasteiger partial charge in [0, 0.05) is 11.4 Å². The summed E-state index contributed by atoms with van der Waals surface area (Å²) in [5.74, 6) is -0.0111. The molecule has 94 valence electrons. The number of carbonyl (C=O) groups is 1. The molecule has 0 radical (unpaired) electrons. The van der Waals surface area contributed by atoms with E-state index in [9.17, 15) is 4.79 Å². The molecule has 0 aliphatic rings. The maximum Gasteiger partial charge on any atom is 0.241 e. The van der Waals surface area contributed by atoms with Crippen molar-refractivity contribution in [3.8, 4) is 0 Å². The van der Waals surface area contributed by atoms with Gasteiger partial charge in [-0.1, -0.05) is 13.0 Å². The van der Waals surface area contributed by atoms with E-state index >= 15 is 0 Å². The number of aryl methyl sites for hydroxylation is 1. The van der Waals surface area contributed by atoms with Crippen molar-refractivity contribution in [1.82, 2.24) is 4.90 Å². The zero-order valence-corrected chi connectivity index (χ0v) is 10.9. The fourth-order valence-electron chi connectivity index (χ4n) is 1.49. The minimum atomic E-state index is -0.152. The molecular weight excluding hydrogens is 214 g/mol. The van der Waals surface area contributed by atoms with E-state index in [4.69, 9.17) is 5.73 Å². The minimum Gasteiger partial charge on any atom is -0.399 e. The summed E-state index contributed by atoms with van der Waals surface area (Å²) in [5.41, 5.74) is 8.16. The van der Waals surface area contributed by atoms with E-state index in [0.717, 1.165) is 17.8 Å². The van der Waals surface area contributed by atoms with E-state index in [0.29, 0.717) is 5.69 Å². The van der Waals surface area contributed by atoms with Gasteiger partial charge < -0.3 is 11.1 Å². The SMILES string of the molecule is CCN(C)C(C)C(=O)Nc1cc(N)ccc1C. The molecule has 0 saturated carbocycles. The highest BCUT2D eigenvalue weighted by Crippen LogP contribution is 2.18. The molecule has 4 nitrogen and oxygen atoms in total. The molecule has 0 aliphatic carbocycles. The number of hydrogen-bond acceptors (Lipinski definition) is 3. The first-order valence-corrected chi connectivity index (χ1v) is 5.83.